The third-order valence-corrected chi connectivity index (χ3v) is 5.81. The first-order chi connectivity index (χ1) is 12.9. The van der Waals surface area contributed by atoms with Crippen molar-refractivity contribution in [3.05, 3.63) is 42.5 Å². The van der Waals surface area contributed by atoms with E-state index in [0.29, 0.717) is 44.5 Å². The molecule has 4 rings (SSSR count). The molecule has 27 heavy (non-hydrogen) atoms. The summed E-state index contributed by atoms with van der Waals surface area (Å²) in [7, 11) is 0. The fourth-order valence-electron chi connectivity index (χ4n) is 4.04. The number of aromatic nitrogens is 3. The Morgan fingerprint density at radius 3 is 2.41 bits per heavy atom. The van der Waals surface area contributed by atoms with Gasteiger partial charge in [-0.25, -0.2) is 0 Å². The SMILES string of the molecule is C[C@@]1(O)CCOC2(CCN(C(=O)c3ccc(-n4cnnc4)cc3)CC2)[C@H]1O. The highest BCUT2D eigenvalue weighted by molar-refractivity contribution is 5.94. The van der Waals surface area contributed by atoms with Gasteiger partial charge in [0.15, 0.2) is 0 Å². The Kier molecular flexibility index (Phi) is 4.49. The number of hydrogen-bond donors (Lipinski definition) is 2. The van der Waals surface area contributed by atoms with E-state index in [9.17, 15) is 15.0 Å². The fourth-order valence-corrected chi connectivity index (χ4v) is 4.04. The Morgan fingerprint density at radius 2 is 1.78 bits per heavy atom. The minimum atomic E-state index is -1.15. The zero-order chi connectivity index (χ0) is 19.1. The number of aliphatic hydroxyl groups is 2. The van der Waals surface area contributed by atoms with Gasteiger partial charge in [0.1, 0.15) is 24.4 Å². The van der Waals surface area contributed by atoms with Crippen molar-refractivity contribution in [3.63, 3.8) is 0 Å². The molecule has 2 N–H and O–H groups in total. The van der Waals surface area contributed by atoms with Crippen molar-refractivity contribution in [2.45, 2.75) is 43.5 Å². The summed E-state index contributed by atoms with van der Waals surface area (Å²) < 4.78 is 7.65. The molecule has 0 radical (unpaired) electrons. The molecule has 8 heteroatoms. The average molecular weight is 372 g/mol. The van der Waals surface area contributed by atoms with Crippen LogP contribution in [0.2, 0.25) is 0 Å². The second-order valence-corrected chi connectivity index (χ2v) is 7.63. The number of hydrogen-bond acceptors (Lipinski definition) is 6. The molecule has 2 fully saturated rings. The van der Waals surface area contributed by atoms with Gasteiger partial charge in [-0.15, -0.1) is 10.2 Å². The first-order valence-electron chi connectivity index (χ1n) is 9.20. The number of amides is 1. The lowest BCUT2D eigenvalue weighted by molar-refractivity contribution is -0.244. The summed E-state index contributed by atoms with van der Waals surface area (Å²) >= 11 is 0. The van der Waals surface area contributed by atoms with Crippen LogP contribution in [0.4, 0.5) is 0 Å². The zero-order valence-electron chi connectivity index (χ0n) is 15.3. The summed E-state index contributed by atoms with van der Waals surface area (Å²) in [5.41, 5.74) is -0.422. The molecule has 1 spiro atoms. The summed E-state index contributed by atoms with van der Waals surface area (Å²) in [6, 6.07) is 7.29. The van der Waals surface area contributed by atoms with E-state index in [2.05, 4.69) is 10.2 Å². The number of rotatable bonds is 2. The molecule has 2 aliphatic rings. The Hall–Kier alpha value is -2.29. The van der Waals surface area contributed by atoms with Crippen molar-refractivity contribution in [3.8, 4) is 5.69 Å². The first kappa shape index (κ1) is 18.1. The van der Waals surface area contributed by atoms with Gasteiger partial charge in [-0.3, -0.25) is 9.36 Å². The van der Waals surface area contributed by atoms with Gasteiger partial charge in [-0.05, 0) is 44.0 Å². The van der Waals surface area contributed by atoms with Crippen LogP contribution in [0.5, 0.6) is 0 Å². The van der Waals surface area contributed by atoms with E-state index in [1.165, 1.54) is 0 Å². The number of likely N-dealkylation sites (tertiary alicyclic amines) is 1. The Balaban J connectivity index is 1.43. The number of carbonyl (C=O) groups excluding carboxylic acids is 1. The highest BCUT2D eigenvalue weighted by Gasteiger charge is 2.52. The van der Waals surface area contributed by atoms with Crippen molar-refractivity contribution >= 4 is 5.91 Å². The van der Waals surface area contributed by atoms with Gasteiger partial charge in [-0.2, -0.15) is 0 Å². The predicted octanol–water partition coefficient (Wildman–Crippen LogP) is 0.774. The van der Waals surface area contributed by atoms with E-state index in [0.717, 1.165) is 5.69 Å². The van der Waals surface area contributed by atoms with Gasteiger partial charge in [0.25, 0.3) is 5.91 Å². The topological polar surface area (TPSA) is 101 Å². The van der Waals surface area contributed by atoms with E-state index in [1.54, 1.807) is 41.2 Å². The van der Waals surface area contributed by atoms with E-state index in [-0.39, 0.29) is 5.91 Å². The summed E-state index contributed by atoms with van der Waals surface area (Å²) in [5.74, 6) is -0.0442. The minimum Gasteiger partial charge on any atom is -0.387 e. The maximum atomic E-state index is 12.8. The molecule has 3 heterocycles. The van der Waals surface area contributed by atoms with E-state index < -0.39 is 17.3 Å². The van der Waals surface area contributed by atoms with Crippen LogP contribution in [0.1, 0.15) is 36.5 Å². The molecule has 1 aromatic carbocycles. The molecular formula is C19H24N4O4. The smallest absolute Gasteiger partial charge is 0.253 e. The molecule has 1 amide bonds. The summed E-state index contributed by atoms with van der Waals surface area (Å²) in [5, 5.41) is 28.5. The van der Waals surface area contributed by atoms with Crippen LogP contribution in [0.15, 0.2) is 36.9 Å². The molecule has 2 atom stereocenters. The second-order valence-electron chi connectivity index (χ2n) is 7.63. The third-order valence-electron chi connectivity index (χ3n) is 5.81. The lowest BCUT2D eigenvalue weighted by Gasteiger charge is -2.51. The molecule has 2 aliphatic heterocycles. The molecule has 2 aromatic rings. The van der Waals surface area contributed by atoms with Crippen molar-refractivity contribution < 1.29 is 19.7 Å². The minimum absolute atomic E-state index is 0.0442. The summed E-state index contributed by atoms with van der Waals surface area (Å²) in [6.45, 7) is 3.04. The van der Waals surface area contributed by atoms with Crippen LogP contribution in [0.3, 0.4) is 0 Å². The molecule has 0 aliphatic carbocycles. The van der Waals surface area contributed by atoms with Gasteiger partial charge in [0.2, 0.25) is 0 Å². The van der Waals surface area contributed by atoms with Crippen LogP contribution < -0.4 is 0 Å². The molecule has 144 valence electrons. The van der Waals surface area contributed by atoms with Gasteiger partial charge in [0.05, 0.1) is 12.2 Å². The molecule has 0 saturated carbocycles. The third kappa shape index (κ3) is 3.24. The number of benzene rings is 1. The lowest BCUT2D eigenvalue weighted by Crippen LogP contribution is -2.64. The molecule has 0 unspecified atom stereocenters. The van der Waals surface area contributed by atoms with Crippen molar-refractivity contribution in [1.82, 2.24) is 19.7 Å². The number of aliphatic hydroxyl groups excluding tert-OH is 1. The van der Waals surface area contributed by atoms with Crippen molar-refractivity contribution in [2.24, 2.45) is 0 Å². The second kappa shape index (κ2) is 6.70. The first-order valence-corrected chi connectivity index (χ1v) is 9.20. The lowest BCUT2D eigenvalue weighted by atomic mass is 9.75. The van der Waals surface area contributed by atoms with Crippen LogP contribution in [-0.4, -0.2) is 72.8 Å². The average Bonchev–Trinajstić information content (AvgIpc) is 3.21. The normalized spacial score (nSPS) is 27.7. The predicted molar refractivity (Wildman–Crippen MR) is 96.4 cm³/mol. The Bertz CT molecular complexity index is 796. The molecule has 0 bridgehead atoms. The number of nitrogens with zero attached hydrogens (tertiary/aromatic N) is 4. The Morgan fingerprint density at radius 1 is 1.15 bits per heavy atom. The quantitative estimate of drug-likeness (QED) is 0.808. The molecule has 8 nitrogen and oxygen atoms in total. The molecular weight excluding hydrogens is 348 g/mol. The van der Waals surface area contributed by atoms with Gasteiger partial charge >= 0.3 is 0 Å². The highest BCUT2D eigenvalue weighted by Crippen LogP contribution is 2.39. The van der Waals surface area contributed by atoms with Crippen molar-refractivity contribution in [2.75, 3.05) is 19.7 Å². The molecule has 2 saturated heterocycles. The van der Waals surface area contributed by atoms with E-state index >= 15 is 0 Å². The summed E-state index contributed by atoms with van der Waals surface area (Å²) in [6.07, 6.45) is 3.69. The van der Waals surface area contributed by atoms with Crippen molar-refractivity contribution in [1.29, 1.82) is 0 Å². The van der Waals surface area contributed by atoms with Crippen LogP contribution in [-0.2, 0) is 4.74 Å². The van der Waals surface area contributed by atoms with E-state index in [4.69, 9.17) is 4.74 Å². The van der Waals surface area contributed by atoms with Gasteiger partial charge in [-0.1, -0.05) is 0 Å². The Labute approximate surface area is 157 Å². The zero-order valence-corrected chi connectivity index (χ0v) is 15.3. The number of piperidine rings is 1. The standard InChI is InChI=1S/C19H24N4O4/c1-18(26)8-11-27-19(17(18)25)6-9-22(10-7-19)16(24)14-2-4-15(5-3-14)23-12-20-21-13-23/h2-5,12-13,17,25-26H,6-11H2,1H3/t17-,18+/m0/s1. The van der Waals surface area contributed by atoms with Crippen LogP contribution in [0, 0.1) is 0 Å². The molecule has 1 aromatic heterocycles. The van der Waals surface area contributed by atoms with E-state index in [1.807, 2.05) is 12.1 Å². The monoisotopic (exact) mass is 372 g/mol. The highest BCUT2D eigenvalue weighted by atomic mass is 16.5. The number of ether oxygens (including phenoxy) is 1. The largest absolute Gasteiger partial charge is 0.387 e. The van der Waals surface area contributed by atoms with Gasteiger partial charge < -0.3 is 19.8 Å². The summed E-state index contributed by atoms with van der Waals surface area (Å²) in [4.78, 5) is 14.6. The van der Waals surface area contributed by atoms with Crippen LogP contribution >= 0.6 is 0 Å². The fraction of sp³-hybridized carbons (Fsp3) is 0.526. The van der Waals surface area contributed by atoms with Gasteiger partial charge in [0, 0.05) is 30.8 Å². The maximum Gasteiger partial charge on any atom is 0.253 e. The number of carbonyl (C=O) groups is 1. The maximum absolute atomic E-state index is 12.8. The van der Waals surface area contributed by atoms with Crippen LogP contribution in [0.25, 0.3) is 5.69 Å².